The third-order valence-electron chi connectivity index (χ3n) is 4.46. The van der Waals surface area contributed by atoms with E-state index in [1.54, 1.807) is 48.6 Å². The summed E-state index contributed by atoms with van der Waals surface area (Å²) < 4.78 is 43.6. The molecule has 0 saturated heterocycles. The number of rotatable bonds is 7. The fourth-order valence-electron chi connectivity index (χ4n) is 2.87. The summed E-state index contributed by atoms with van der Waals surface area (Å²) in [4.78, 5) is 30.1. The van der Waals surface area contributed by atoms with Gasteiger partial charge in [-0.15, -0.1) is 0 Å². The lowest BCUT2D eigenvalue weighted by Gasteiger charge is -2.17. The van der Waals surface area contributed by atoms with Gasteiger partial charge >= 0.3 is 6.18 Å². The van der Waals surface area contributed by atoms with Crippen LogP contribution in [0, 0.1) is 0 Å². The molecule has 9 heteroatoms. The molecule has 0 spiro atoms. The van der Waals surface area contributed by atoms with Gasteiger partial charge in [0.1, 0.15) is 5.75 Å². The Morgan fingerprint density at radius 1 is 1.03 bits per heavy atom. The number of nitrogens with one attached hydrogen (secondary N) is 1. The van der Waals surface area contributed by atoms with Crippen molar-refractivity contribution in [2.75, 3.05) is 19.0 Å². The van der Waals surface area contributed by atoms with E-state index >= 15 is 0 Å². The molecule has 0 aliphatic rings. The highest BCUT2D eigenvalue weighted by atomic mass is 19.4. The largest absolute Gasteiger partial charge is 0.484 e. The minimum Gasteiger partial charge on any atom is -0.484 e. The van der Waals surface area contributed by atoms with Gasteiger partial charge in [-0.3, -0.25) is 14.6 Å². The number of benzene rings is 2. The molecule has 0 fully saturated rings. The smallest absolute Gasteiger partial charge is 0.416 e. The first-order valence-electron chi connectivity index (χ1n) is 9.57. The van der Waals surface area contributed by atoms with E-state index in [0.29, 0.717) is 17.9 Å². The van der Waals surface area contributed by atoms with Crippen LogP contribution in [0.25, 0.3) is 0 Å². The van der Waals surface area contributed by atoms with Crippen LogP contribution in [0.3, 0.4) is 0 Å². The minimum atomic E-state index is -4.50. The van der Waals surface area contributed by atoms with Gasteiger partial charge in [-0.25, -0.2) is 0 Å². The predicted molar refractivity (Wildman–Crippen MR) is 112 cm³/mol. The molecule has 0 bridgehead atoms. The van der Waals surface area contributed by atoms with Crippen LogP contribution in [-0.4, -0.2) is 35.4 Å². The number of ether oxygens (including phenoxy) is 1. The molecule has 3 aromatic rings. The van der Waals surface area contributed by atoms with Crippen LogP contribution >= 0.6 is 0 Å². The Morgan fingerprint density at radius 3 is 2.38 bits per heavy atom. The van der Waals surface area contributed by atoms with Crippen molar-refractivity contribution in [3.8, 4) is 5.75 Å². The molecule has 0 radical (unpaired) electrons. The predicted octanol–water partition coefficient (Wildman–Crippen LogP) is 4.39. The summed E-state index contributed by atoms with van der Waals surface area (Å²) in [5, 5.41) is 2.36. The van der Waals surface area contributed by atoms with Gasteiger partial charge in [-0.05, 0) is 60.2 Å². The van der Waals surface area contributed by atoms with Crippen molar-refractivity contribution in [1.29, 1.82) is 0 Å². The number of carbonyl (C=O) groups is 2. The summed E-state index contributed by atoms with van der Waals surface area (Å²) in [5.41, 5.74) is 0.557. The third-order valence-corrected chi connectivity index (χ3v) is 4.46. The molecule has 3 rings (SSSR count). The second-order valence-electron chi connectivity index (χ2n) is 6.96. The molecule has 0 aliphatic heterocycles. The number of alkyl halides is 3. The normalized spacial score (nSPS) is 11.0. The first-order valence-corrected chi connectivity index (χ1v) is 9.57. The Hall–Kier alpha value is -3.88. The van der Waals surface area contributed by atoms with Gasteiger partial charge in [-0.1, -0.05) is 6.07 Å². The van der Waals surface area contributed by atoms with Crippen LogP contribution in [0.1, 0.15) is 21.5 Å². The zero-order valence-electron chi connectivity index (χ0n) is 17.1. The number of aromatic nitrogens is 1. The summed E-state index contributed by atoms with van der Waals surface area (Å²) in [6.45, 7) is 0.0286. The van der Waals surface area contributed by atoms with Gasteiger partial charge in [0.25, 0.3) is 11.8 Å². The average Bonchev–Trinajstić information content (AvgIpc) is 2.78. The zero-order valence-corrected chi connectivity index (χ0v) is 17.1. The highest BCUT2D eigenvalue weighted by Crippen LogP contribution is 2.30. The molecule has 0 saturated carbocycles. The molecule has 2 aromatic carbocycles. The SMILES string of the molecule is CN(Cc1ccncc1)C(=O)c1ccc(OCC(=O)Nc2cccc(C(F)(F)F)c2)cc1. The lowest BCUT2D eigenvalue weighted by atomic mass is 10.2. The monoisotopic (exact) mass is 443 g/mol. The molecule has 0 aliphatic carbocycles. The molecule has 1 heterocycles. The minimum absolute atomic E-state index is 0.0200. The lowest BCUT2D eigenvalue weighted by Crippen LogP contribution is -2.26. The lowest BCUT2D eigenvalue weighted by molar-refractivity contribution is -0.137. The van der Waals surface area contributed by atoms with Gasteiger partial charge in [0.15, 0.2) is 6.61 Å². The van der Waals surface area contributed by atoms with Crippen molar-refractivity contribution in [1.82, 2.24) is 9.88 Å². The molecule has 32 heavy (non-hydrogen) atoms. The van der Waals surface area contributed by atoms with E-state index in [2.05, 4.69) is 10.3 Å². The maximum absolute atomic E-state index is 12.8. The van der Waals surface area contributed by atoms with Crippen LogP contribution in [0.15, 0.2) is 73.1 Å². The van der Waals surface area contributed by atoms with Crippen LogP contribution in [0.4, 0.5) is 18.9 Å². The Morgan fingerprint density at radius 2 is 1.72 bits per heavy atom. The molecule has 1 N–H and O–H groups in total. The van der Waals surface area contributed by atoms with E-state index in [4.69, 9.17) is 4.74 Å². The second kappa shape index (κ2) is 9.95. The topological polar surface area (TPSA) is 71.5 Å². The van der Waals surface area contributed by atoms with Crippen molar-refractivity contribution in [2.24, 2.45) is 0 Å². The van der Waals surface area contributed by atoms with E-state index in [-0.39, 0.29) is 11.6 Å². The quantitative estimate of drug-likeness (QED) is 0.588. The van der Waals surface area contributed by atoms with Gasteiger partial charge in [0, 0.05) is 37.2 Å². The van der Waals surface area contributed by atoms with Crippen molar-refractivity contribution >= 4 is 17.5 Å². The van der Waals surface area contributed by atoms with Gasteiger partial charge in [0.2, 0.25) is 0 Å². The molecule has 0 unspecified atom stereocenters. The van der Waals surface area contributed by atoms with Crippen molar-refractivity contribution < 1.29 is 27.5 Å². The molecule has 2 amide bonds. The second-order valence-corrected chi connectivity index (χ2v) is 6.96. The van der Waals surface area contributed by atoms with Crippen LogP contribution < -0.4 is 10.1 Å². The standard InChI is InChI=1S/C23H20F3N3O3/c1-29(14-16-9-11-27-12-10-16)22(31)17-5-7-20(8-6-17)32-15-21(30)28-19-4-2-3-18(13-19)23(24,25)26/h2-13H,14-15H2,1H3,(H,28,30). The van der Waals surface area contributed by atoms with E-state index in [1.165, 1.54) is 12.1 Å². The molecular formula is C23H20F3N3O3. The Balaban J connectivity index is 1.52. The van der Waals surface area contributed by atoms with Crippen LogP contribution in [0.5, 0.6) is 5.75 Å². The van der Waals surface area contributed by atoms with Crippen LogP contribution in [0.2, 0.25) is 0 Å². The average molecular weight is 443 g/mol. The molecular weight excluding hydrogens is 423 g/mol. The fourth-order valence-corrected chi connectivity index (χ4v) is 2.87. The van der Waals surface area contributed by atoms with E-state index in [1.807, 2.05) is 12.1 Å². The highest BCUT2D eigenvalue weighted by molar-refractivity contribution is 5.94. The number of amides is 2. The van der Waals surface area contributed by atoms with Gasteiger partial charge in [-0.2, -0.15) is 13.2 Å². The zero-order chi connectivity index (χ0) is 23.1. The summed E-state index contributed by atoms with van der Waals surface area (Å²) in [6.07, 6.45) is -1.19. The number of halogens is 3. The molecule has 0 atom stereocenters. The van der Waals surface area contributed by atoms with E-state index < -0.39 is 24.3 Å². The summed E-state index contributed by atoms with van der Waals surface area (Å²) >= 11 is 0. The molecule has 166 valence electrons. The highest BCUT2D eigenvalue weighted by Gasteiger charge is 2.30. The Kier molecular flexibility index (Phi) is 7.09. The van der Waals surface area contributed by atoms with Crippen LogP contribution in [-0.2, 0) is 17.5 Å². The number of hydrogen-bond acceptors (Lipinski definition) is 4. The third kappa shape index (κ3) is 6.31. The summed E-state index contributed by atoms with van der Waals surface area (Å²) in [6, 6.07) is 14.2. The maximum atomic E-state index is 12.8. The van der Waals surface area contributed by atoms with Gasteiger partial charge in [0.05, 0.1) is 5.56 Å². The summed E-state index contributed by atoms with van der Waals surface area (Å²) in [7, 11) is 1.69. The first-order chi connectivity index (χ1) is 15.2. The number of carbonyl (C=O) groups excluding carboxylic acids is 2. The maximum Gasteiger partial charge on any atom is 0.416 e. The van der Waals surface area contributed by atoms with Crippen molar-refractivity contribution in [2.45, 2.75) is 12.7 Å². The van der Waals surface area contributed by atoms with Gasteiger partial charge < -0.3 is 15.0 Å². The number of nitrogens with zero attached hydrogens (tertiary/aromatic N) is 2. The number of anilines is 1. The summed E-state index contributed by atoms with van der Waals surface area (Å²) in [5.74, 6) is -0.449. The first kappa shape index (κ1) is 22.8. The molecule has 1 aromatic heterocycles. The van der Waals surface area contributed by atoms with Crippen molar-refractivity contribution in [3.05, 3.63) is 89.7 Å². The number of pyridine rings is 1. The Labute approximate surface area is 182 Å². The fraction of sp³-hybridized carbons (Fsp3) is 0.174. The van der Waals surface area contributed by atoms with E-state index in [0.717, 1.165) is 17.7 Å². The molecule has 6 nitrogen and oxygen atoms in total. The van der Waals surface area contributed by atoms with Crippen molar-refractivity contribution in [3.63, 3.8) is 0 Å². The van der Waals surface area contributed by atoms with E-state index in [9.17, 15) is 22.8 Å². The Bertz CT molecular complexity index is 1070. The number of hydrogen-bond donors (Lipinski definition) is 1.